The zero-order chi connectivity index (χ0) is 18.2. The molecule has 27 heavy (non-hydrogen) atoms. The Morgan fingerprint density at radius 1 is 1.11 bits per heavy atom. The van der Waals surface area contributed by atoms with Crippen LogP contribution in [0.1, 0.15) is 34.9 Å². The van der Waals surface area contributed by atoms with Crippen LogP contribution in [0.4, 0.5) is 0 Å². The number of fused-ring (bicyclic) bond motifs is 2. The largest absolute Gasteiger partial charge is 0.486 e. The molecule has 0 atom stereocenters. The Morgan fingerprint density at radius 3 is 2.85 bits per heavy atom. The molecule has 8 heteroatoms. The van der Waals surface area contributed by atoms with Crippen molar-refractivity contribution in [2.75, 3.05) is 26.3 Å². The highest BCUT2D eigenvalue weighted by atomic mass is 16.6. The average molecular weight is 365 g/mol. The molecule has 0 bridgehead atoms. The predicted molar refractivity (Wildman–Crippen MR) is 96.1 cm³/mol. The molecular weight excluding hydrogens is 346 g/mol. The normalized spacial score (nSPS) is 17.3. The maximum atomic E-state index is 13.0. The van der Waals surface area contributed by atoms with E-state index in [1.54, 1.807) is 18.5 Å². The molecule has 3 aromatic rings. The number of para-hydroxylation sites is 1. The standard InChI is InChI=1S/C19H19N5O3/c25-19(14-2-1-3-15-17(14)27-11-10-26-15)23-7-4-13(5-8-23)18-22-21-16-12-20-6-9-24(16)18/h1-3,6,9,12-13H,4-5,7-8,10-11H2. The second kappa shape index (κ2) is 6.53. The molecule has 2 aliphatic heterocycles. The van der Waals surface area contributed by atoms with E-state index in [9.17, 15) is 4.79 Å². The minimum absolute atomic E-state index is 0.00824. The number of benzene rings is 1. The summed E-state index contributed by atoms with van der Waals surface area (Å²) >= 11 is 0. The summed E-state index contributed by atoms with van der Waals surface area (Å²) in [5.74, 6) is 2.41. The molecule has 138 valence electrons. The monoisotopic (exact) mass is 365 g/mol. The minimum atomic E-state index is -0.00824. The van der Waals surface area contributed by atoms with Gasteiger partial charge >= 0.3 is 0 Å². The number of hydrogen-bond donors (Lipinski definition) is 0. The van der Waals surface area contributed by atoms with Crippen LogP contribution in [0.5, 0.6) is 11.5 Å². The molecule has 4 heterocycles. The molecule has 1 aromatic carbocycles. The van der Waals surface area contributed by atoms with Crippen LogP contribution in [0.25, 0.3) is 5.65 Å². The number of rotatable bonds is 2. The molecule has 2 aromatic heterocycles. The number of piperidine rings is 1. The van der Waals surface area contributed by atoms with Gasteiger partial charge in [-0.25, -0.2) is 0 Å². The van der Waals surface area contributed by atoms with E-state index in [2.05, 4.69) is 15.2 Å². The summed E-state index contributed by atoms with van der Waals surface area (Å²) < 4.78 is 13.3. The third-order valence-electron chi connectivity index (χ3n) is 5.18. The van der Waals surface area contributed by atoms with E-state index in [1.807, 2.05) is 27.6 Å². The molecule has 0 radical (unpaired) electrons. The number of carbonyl (C=O) groups is 1. The quantitative estimate of drug-likeness (QED) is 0.690. The van der Waals surface area contributed by atoms with Crippen molar-refractivity contribution in [2.24, 2.45) is 0 Å². The third kappa shape index (κ3) is 2.77. The number of amides is 1. The molecule has 2 aliphatic rings. The topological polar surface area (TPSA) is 81.9 Å². The summed E-state index contributed by atoms with van der Waals surface area (Å²) in [6, 6.07) is 5.48. The molecule has 1 fully saturated rings. The lowest BCUT2D eigenvalue weighted by molar-refractivity contribution is 0.0700. The Labute approximate surface area is 155 Å². The number of ether oxygens (including phenoxy) is 2. The van der Waals surface area contributed by atoms with Crippen LogP contribution < -0.4 is 9.47 Å². The van der Waals surface area contributed by atoms with E-state index in [4.69, 9.17) is 9.47 Å². The lowest BCUT2D eigenvalue weighted by Crippen LogP contribution is -2.38. The van der Waals surface area contributed by atoms with Gasteiger partial charge in [0, 0.05) is 31.4 Å². The third-order valence-corrected chi connectivity index (χ3v) is 5.18. The van der Waals surface area contributed by atoms with E-state index in [0.717, 1.165) is 24.3 Å². The Morgan fingerprint density at radius 2 is 1.96 bits per heavy atom. The van der Waals surface area contributed by atoms with E-state index in [0.29, 0.717) is 43.4 Å². The predicted octanol–water partition coefficient (Wildman–Crippen LogP) is 1.92. The molecule has 1 saturated heterocycles. The van der Waals surface area contributed by atoms with Crippen LogP contribution >= 0.6 is 0 Å². The number of likely N-dealkylation sites (tertiary alicyclic amines) is 1. The summed E-state index contributed by atoms with van der Waals surface area (Å²) in [6.45, 7) is 2.33. The fourth-order valence-corrected chi connectivity index (χ4v) is 3.80. The first-order chi connectivity index (χ1) is 13.3. The molecule has 0 aliphatic carbocycles. The van der Waals surface area contributed by atoms with E-state index in [-0.39, 0.29) is 11.8 Å². The van der Waals surface area contributed by atoms with E-state index >= 15 is 0 Å². The van der Waals surface area contributed by atoms with Crippen LogP contribution in [0.2, 0.25) is 0 Å². The first-order valence-corrected chi connectivity index (χ1v) is 9.14. The lowest BCUT2D eigenvalue weighted by Gasteiger charge is -2.32. The van der Waals surface area contributed by atoms with E-state index in [1.165, 1.54) is 0 Å². The zero-order valence-corrected chi connectivity index (χ0v) is 14.7. The highest BCUT2D eigenvalue weighted by molar-refractivity contribution is 5.98. The molecule has 0 unspecified atom stereocenters. The van der Waals surface area contributed by atoms with Gasteiger partial charge in [-0.15, -0.1) is 10.2 Å². The summed E-state index contributed by atoms with van der Waals surface area (Å²) in [7, 11) is 0. The summed E-state index contributed by atoms with van der Waals surface area (Å²) in [6.07, 6.45) is 7.02. The van der Waals surface area contributed by atoms with Gasteiger partial charge in [-0.1, -0.05) is 6.07 Å². The molecule has 0 spiro atoms. The van der Waals surface area contributed by atoms with Gasteiger partial charge in [0.05, 0.1) is 11.8 Å². The fraction of sp³-hybridized carbons (Fsp3) is 0.368. The highest BCUT2D eigenvalue weighted by Gasteiger charge is 2.30. The van der Waals surface area contributed by atoms with Crippen molar-refractivity contribution in [3.63, 3.8) is 0 Å². The molecular formula is C19H19N5O3. The average Bonchev–Trinajstić information content (AvgIpc) is 3.17. The van der Waals surface area contributed by atoms with Crippen LogP contribution in [0, 0.1) is 0 Å². The van der Waals surface area contributed by atoms with Gasteiger partial charge < -0.3 is 14.4 Å². The maximum absolute atomic E-state index is 13.0. The van der Waals surface area contributed by atoms with Crippen LogP contribution in [-0.4, -0.2) is 56.7 Å². The Bertz CT molecular complexity index is 994. The lowest BCUT2D eigenvalue weighted by atomic mass is 9.95. The number of aromatic nitrogens is 4. The summed E-state index contributed by atoms with van der Waals surface area (Å²) in [4.78, 5) is 19.0. The Balaban J connectivity index is 1.33. The highest BCUT2D eigenvalue weighted by Crippen LogP contribution is 2.35. The van der Waals surface area contributed by atoms with Gasteiger partial charge in [-0.2, -0.15) is 0 Å². The first-order valence-electron chi connectivity index (χ1n) is 9.14. The first kappa shape index (κ1) is 16.0. The van der Waals surface area contributed by atoms with Crippen molar-refractivity contribution < 1.29 is 14.3 Å². The maximum Gasteiger partial charge on any atom is 0.257 e. The van der Waals surface area contributed by atoms with Crippen molar-refractivity contribution in [1.82, 2.24) is 24.5 Å². The van der Waals surface area contributed by atoms with Crippen LogP contribution in [0.15, 0.2) is 36.8 Å². The van der Waals surface area contributed by atoms with Crippen molar-refractivity contribution in [2.45, 2.75) is 18.8 Å². The minimum Gasteiger partial charge on any atom is -0.486 e. The Kier molecular flexibility index (Phi) is 3.88. The smallest absolute Gasteiger partial charge is 0.257 e. The van der Waals surface area contributed by atoms with Gasteiger partial charge in [0.2, 0.25) is 0 Å². The van der Waals surface area contributed by atoms with Crippen molar-refractivity contribution in [3.8, 4) is 11.5 Å². The van der Waals surface area contributed by atoms with Crippen molar-refractivity contribution >= 4 is 11.6 Å². The van der Waals surface area contributed by atoms with Gasteiger partial charge in [0.1, 0.15) is 19.0 Å². The van der Waals surface area contributed by atoms with Gasteiger partial charge in [-0.05, 0) is 25.0 Å². The zero-order valence-electron chi connectivity index (χ0n) is 14.7. The van der Waals surface area contributed by atoms with Crippen molar-refractivity contribution in [3.05, 3.63) is 48.2 Å². The number of hydrogen-bond acceptors (Lipinski definition) is 6. The van der Waals surface area contributed by atoms with Gasteiger partial charge in [0.15, 0.2) is 17.1 Å². The number of nitrogens with zero attached hydrogens (tertiary/aromatic N) is 5. The van der Waals surface area contributed by atoms with Gasteiger partial charge in [-0.3, -0.25) is 14.2 Å². The molecule has 0 saturated carbocycles. The summed E-state index contributed by atoms with van der Waals surface area (Å²) in [5.41, 5.74) is 1.32. The second-order valence-electron chi connectivity index (χ2n) is 6.76. The van der Waals surface area contributed by atoms with Crippen LogP contribution in [0.3, 0.4) is 0 Å². The fourth-order valence-electron chi connectivity index (χ4n) is 3.80. The molecule has 8 nitrogen and oxygen atoms in total. The summed E-state index contributed by atoms with van der Waals surface area (Å²) in [5, 5.41) is 8.52. The van der Waals surface area contributed by atoms with E-state index < -0.39 is 0 Å². The van der Waals surface area contributed by atoms with Crippen LogP contribution in [-0.2, 0) is 0 Å². The van der Waals surface area contributed by atoms with Gasteiger partial charge in [0.25, 0.3) is 5.91 Å². The van der Waals surface area contributed by atoms with Crippen molar-refractivity contribution in [1.29, 1.82) is 0 Å². The molecule has 5 rings (SSSR count). The molecule has 1 amide bonds. The number of carbonyl (C=O) groups excluding carboxylic acids is 1. The molecule has 0 N–H and O–H groups in total. The SMILES string of the molecule is O=C(c1cccc2c1OCCO2)N1CCC(c2nnc3cnccn23)CC1. The second-order valence-corrected chi connectivity index (χ2v) is 6.76. The Hall–Kier alpha value is -3.16.